The van der Waals surface area contributed by atoms with Crippen LogP contribution in [0.25, 0.3) is 0 Å². The van der Waals surface area contributed by atoms with Crippen molar-refractivity contribution in [1.82, 2.24) is 0 Å². The molecule has 0 saturated heterocycles. The Bertz CT molecular complexity index is 259. The molecule has 2 atom stereocenters. The van der Waals surface area contributed by atoms with Gasteiger partial charge in [0.1, 0.15) is 9.84 Å². The van der Waals surface area contributed by atoms with Gasteiger partial charge in [0.05, 0.1) is 11.9 Å². The zero-order chi connectivity index (χ0) is 10.6. The number of aliphatic hydroxyl groups is 1. The summed E-state index contributed by atoms with van der Waals surface area (Å²) in [7, 11) is -2.85. The van der Waals surface area contributed by atoms with Gasteiger partial charge in [-0.05, 0) is 31.6 Å². The fourth-order valence-corrected chi connectivity index (χ4v) is 3.59. The Kier molecular flexibility index (Phi) is 4.38. The minimum Gasteiger partial charge on any atom is -0.393 e. The zero-order valence-electron chi connectivity index (χ0n) is 8.78. The predicted octanol–water partition coefficient (Wildman–Crippen LogP) is 1.36. The molecule has 0 amide bonds. The van der Waals surface area contributed by atoms with Gasteiger partial charge < -0.3 is 5.11 Å². The lowest BCUT2D eigenvalue weighted by Crippen LogP contribution is -2.19. The smallest absolute Gasteiger partial charge is 0.150 e. The highest BCUT2D eigenvalue weighted by molar-refractivity contribution is 7.91. The number of hydrogen-bond acceptors (Lipinski definition) is 3. The summed E-state index contributed by atoms with van der Waals surface area (Å²) in [6, 6.07) is 0. The van der Waals surface area contributed by atoms with Crippen molar-refractivity contribution in [3.63, 3.8) is 0 Å². The fraction of sp³-hybridized carbons (Fsp3) is 1.00. The highest BCUT2D eigenvalue weighted by Gasteiger charge is 2.26. The standard InChI is InChI=1S/C10H20O3S/c1-2-7-14(12,13)8-6-9-4-3-5-10(9)11/h9-11H,2-8H2,1H3. The lowest BCUT2D eigenvalue weighted by atomic mass is 10.0. The minimum absolute atomic E-state index is 0.224. The average Bonchev–Trinajstić information content (AvgIpc) is 2.48. The van der Waals surface area contributed by atoms with Gasteiger partial charge in [-0.3, -0.25) is 0 Å². The van der Waals surface area contributed by atoms with Gasteiger partial charge in [0.25, 0.3) is 0 Å². The first-order valence-electron chi connectivity index (χ1n) is 5.43. The molecule has 0 spiro atoms. The van der Waals surface area contributed by atoms with Crippen LogP contribution in [0, 0.1) is 5.92 Å². The maximum absolute atomic E-state index is 11.4. The normalized spacial score (nSPS) is 28.1. The first-order chi connectivity index (χ1) is 6.55. The molecule has 0 aromatic heterocycles. The second kappa shape index (κ2) is 5.12. The van der Waals surface area contributed by atoms with E-state index < -0.39 is 9.84 Å². The van der Waals surface area contributed by atoms with Gasteiger partial charge in [-0.15, -0.1) is 0 Å². The van der Waals surface area contributed by atoms with Crippen molar-refractivity contribution in [2.24, 2.45) is 5.92 Å². The molecule has 0 bridgehead atoms. The SMILES string of the molecule is CCCS(=O)(=O)CCC1CCCC1O. The van der Waals surface area contributed by atoms with Gasteiger partial charge >= 0.3 is 0 Å². The Hall–Kier alpha value is -0.0900. The summed E-state index contributed by atoms with van der Waals surface area (Å²) in [4.78, 5) is 0. The number of aliphatic hydroxyl groups excluding tert-OH is 1. The highest BCUT2D eigenvalue weighted by Crippen LogP contribution is 2.28. The van der Waals surface area contributed by atoms with Crippen LogP contribution >= 0.6 is 0 Å². The van der Waals surface area contributed by atoms with E-state index in [0.717, 1.165) is 19.3 Å². The van der Waals surface area contributed by atoms with Crippen molar-refractivity contribution < 1.29 is 13.5 Å². The van der Waals surface area contributed by atoms with Gasteiger partial charge in [0.15, 0.2) is 0 Å². The summed E-state index contributed by atoms with van der Waals surface area (Å²) in [5, 5.41) is 9.52. The maximum Gasteiger partial charge on any atom is 0.150 e. The Morgan fingerprint density at radius 3 is 2.50 bits per heavy atom. The van der Waals surface area contributed by atoms with Gasteiger partial charge in [-0.2, -0.15) is 0 Å². The Morgan fingerprint density at radius 1 is 1.29 bits per heavy atom. The van der Waals surface area contributed by atoms with Crippen molar-refractivity contribution in [3.8, 4) is 0 Å². The highest BCUT2D eigenvalue weighted by atomic mass is 32.2. The average molecular weight is 220 g/mol. The van der Waals surface area contributed by atoms with Crippen molar-refractivity contribution in [1.29, 1.82) is 0 Å². The summed E-state index contributed by atoms with van der Waals surface area (Å²) >= 11 is 0. The van der Waals surface area contributed by atoms with Crippen LogP contribution in [0.5, 0.6) is 0 Å². The van der Waals surface area contributed by atoms with E-state index >= 15 is 0 Å². The van der Waals surface area contributed by atoms with Gasteiger partial charge in [0, 0.05) is 5.75 Å². The van der Waals surface area contributed by atoms with Gasteiger partial charge in [-0.1, -0.05) is 13.3 Å². The molecule has 3 nitrogen and oxygen atoms in total. The number of hydrogen-bond donors (Lipinski definition) is 1. The van der Waals surface area contributed by atoms with Crippen molar-refractivity contribution in [3.05, 3.63) is 0 Å². The van der Waals surface area contributed by atoms with E-state index in [4.69, 9.17) is 0 Å². The lowest BCUT2D eigenvalue weighted by molar-refractivity contribution is 0.131. The van der Waals surface area contributed by atoms with E-state index in [2.05, 4.69) is 0 Å². The zero-order valence-corrected chi connectivity index (χ0v) is 9.59. The molecule has 1 fully saturated rings. The van der Waals surface area contributed by atoms with Crippen LogP contribution in [0.15, 0.2) is 0 Å². The van der Waals surface area contributed by atoms with Gasteiger partial charge in [-0.25, -0.2) is 8.42 Å². The summed E-state index contributed by atoms with van der Waals surface area (Å²) in [6.07, 6.45) is 3.95. The minimum atomic E-state index is -2.85. The third-order valence-electron chi connectivity index (χ3n) is 2.93. The quantitative estimate of drug-likeness (QED) is 0.761. The van der Waals surface area contributed by atoms with E-state index in [1.54, 1.807) is 0 Å². The van der Waals surface area contributed by atoms with Crippen LogP contribution in [0.4, 0.5) is 0 Å². The molecule has 4 heteroatoms. The number of rotatable bonds is 5. The van der Waals surface area contributed by atoms with E-state index in [9.17, 15) is 13.5 Å². The molecule has 0 radical (unpaired) electrons. The molecule has 0 heterocycles. The Balaban J connectivity index is 2.32. The predicted molar refractivity (Wildman–Crippen MR) is 56.9 cm³/mol. The molecule has 2 unspecified atom stereocenters. The molecule has 1 rings (SSSR count). The molecular weight excluding hydrogens is 200 g/mol. The molecule has 1 aliphatic rings. The second-order valence-electron chi connectivity index (χ2n) is 4.20. The van der Waals surface area contributed by atoms with Crippen LogP contribution in [0.3, 0.4) is 0 Å². The second-order valence-corrected chi connectivity index (χ2v) is 6.50. The lowest BCUT2D eigenvalue weighted by Gasteiger charge is -2.13. The summed E-state index contributed by atoms with van der Waals surface area (Å²) in [5.41, 5.74) is 0. The van der Waals surface area contributed by atoms with Crippen LogP contribution in [0.1, 0.15) is 39.0 Å². The van der Waals surface area contributed by atoms with E-state index in [1.165, 1.54) is 0 Å². The Morgan fingerprint density at radius 2 is 2.00 bits per heavy atom. The maximum atomic E-state index is 11.4. The molecule has 1 saturated carbocycles. The first kappa shape index (κ1) is 12.0. The van der Waals surface area contributed by atoms with Crippen LogP contribution in [0.2, 0.25) is 0 Å². The summed E-state index contributed by atoms with van der Waals surface area (Å²) < 4.78 is 22.8. The van der Waals surface area contributed by atoms with Crippen LogP contribution in [-0.4, -0.2) is 31.1 Å². The monoisotopic (exact) mass is 220 g/mol. The molecule has 14 heavy (non-hydrogen) atoms. The van der Waals surface area contributed by atoms with E-state index in [0.29, 0.717) is 12.8 Å². The molecule has 0 aromatic carbocycles. The van der Waals surface area contributed by atoms with Crippen LogP contribution < -0.4 is 0 Å². The van der Waals surface area contributed by atoms with E-state index in [1.807, 2.05) is 6.92 Å². The Labute approximate surface area is 86.4 Å². The van der Waals surface area contributed by atoms with E-state index in [-0.39, 0.29) is 23.5 Å². The molecular formula is C10H20O3S. The first-order valence-corrected chi connectivity index (χ1v) is 7.26. The topological polar surface area (TPSA) is 54.4 Å². The third-order valence-corrected chi connectivity index (χ3v) is 4.82. The third kappa shape index (κ3) is 3.58. The molecule has 0 aliphatic heterocycles. The molecule has 84 valence electrons. The summed E-state index contributed by atoms with van der Waals surface area (Å²) in [6.45, 7) is 1.88. The van der Waals surface area contributed by atoms with Crippen molar-refractivity contribution in [2.45, 2.75) is 45.1 Å². The molecule has 0 aromatic rings. The molecule has 1 N–H and O–H groups in total. The van der Waals surface area contributed by atoms with Gasteiger partial charge in [0.2, 0.25) is 0 Å². The fourth-order valence-electron chi connectivity index (χ4n) is 2.10. The summed E-state index contributed by atoms with van der Waals surface area (Å²) in [5.74, 6) is 0.764. The molecule has 1 aliphatic carbocycles. The van der Waals surface area contributed by atoms with Crippen molar-refractivity contribution >= 4 is 9.84 Å². The van der Waals surface area contributed by atoms with Crippen molar-refractivity contribution in [2.75, 3.05) is 11.5 Å². The van der Waals surface area contributed by atoms with Crippen LogP contribution in [-0.2, 0) is 9.84 Å². The number of sulfone groups is 1. The largest absolute Gasteiger partial charge is 0.393 e.